The molecule has 0 unspecified atom stereocenters. The molecule has 1 saturated heterocycles. The van der Waals surface area contributed by atoms with Crippen LogP contribution in [0.2, 0.25) is 0 Å². The van der Waals surface area contributed by atoms with Crippen molar-refractivity contribution < 1.29 is 4.39 Å². The first-order valence-corrected chi connectivity index (χ1v) is 6.83. The number of rotatable bonds is 3. The smallest absolute Gasteiger partial charge is 0.125 e. The van der Waals surface area contributed by atoms with Crippen molar-refractivity contribution in [1.82, 2.24) is 4.90 Å². The first-order chi connectivity index (χ1) is 8.56. The summed E-state index contributed by atoms with van der Waals surface area (Å²) in [5.41, 5.74) is 2.06. The molecular formula is C15H23FN2. The van der Waals surface area contributed by atoms with Crippen molar-refractivity contribution in [3.63, 3.8) is 0 Å². The standard InChI is InChI=1S/C15H23FN2/c1-11(2)18-8-6-14(7-9-18)17-15-10-13(16)5-4-12(15)3/h4-5,10-11,14,17H,6-9H2,1-3H3. The maximum Gasteiger partial charge on any atom is 0.125 e. The van der Waals surface area contributed by atoms with Gasteiger partial charge < -0.3 is 10.2 Å². The number of hydrogen-bond acceptors (Lipinski definition) is 2. The highest BCUT2D eigenvalue weighted by Gasteiger charge is 2.20. The van der Waals surface area contributed by atoms with Crippen LogP contribution in [0.15, 0.2) is 18.2 Å². The van der Waals surface area contributed by atoms with Gasteiger partial charge in [0.2, 0.25) is 0 Å². The molecule has 1 N–H and O–H groups in total. The molecule has 1 heterocycles. The highest BCUT2D eigenvalue weighted by molar-refractivity contribution is 5.51. The molecule has 0 atom stereocenters. The van der Waals surface area contributed by atoms with Crippen molar-refractivity contribution in [2.45, 2.75) is 45.7 Å². The molecule has 1 aromatic rings. The number of aryl methyl sites for hydroxylation is 1. The van der Waals surface area contributed by atoms with Gasteiger partial charge in [-0.15, -0.1) is 0 Å². The van der Waals surface area contributed by atoms with Crippen LogP contribution in [0, 0.1) is 12.7 Å². The van der Waals surface area contributed by atoms with Crippen molar-refractivity contribution in [3.8, 4) is 0 Å². The first kappa shape index (κ1) is 13.3. The molecule has 0 saturated carbocycles. The quantitative estimate of drug-likeness (QED) is 0.884. The van der Waals surface area contributed by atoms with Gasteiger partial charge in [-0.3, -0.25) is 0 Å². The lowest BCUT2D eigenvalue weighted by molar-refractivity contribution is 0.177. The predicted molar refractivity (Wildman–Crippen MR) is 74.5 cm³/mol. The van der Waals surface area contributed by atoms with Gasteiger partial charge in [0.15, 0.2) is 0 Å². The Balaban J connectivity index is 1.93. The zero-order valence-electron chi connectivity index (χ0n) is 11.5. The minimum atomic E-state index is -0.164. The molecule has 18 heavy (non-hydrogen) atoms. The Bertz CT molecular complexity index is 395. The molecule has 0 spiro atoms. The third kappa shape index (κ3) is 3.22. The number of nitrogens with zero attached hydrogens (tertiary/aromatic N) is 1. The van der Waals surface area contributed by atoms with Gasteiger partial charge in [-0.05, 0) is 51.3 Å². The molecule has 0 aromatic heterocycles. The summed E-state index contributed by atoms with van der Waals surface area (Å²) in [5.74, 6) is -0.164. The number of halogens is 1. The molecule has 1 aliphatic heterocycles. The molecule has 3 heteroatoms. The number of likely N-dealkylation sites (tertiary alicyclic amines) is 1. The van der Waals surface area contributed by atoms with E-state index in [0.717, 1.165) is 37.2 Å². The second kappa shape index (κ2) is 5.70. The largest absolute Gasteiger partial charge is 0.382 e. The van der Waals surface area contributed by atoms with E-state index in [0.29, 0.717) is 12.1 Å². The summed E-state index contributed by atoms with van der Waals surface area (Å²) in [6.45, 7) is 8.76. The Hall–Kier alpha value is -1.09. The van der Waals surface area contributed by atoms with Gasteiger partial charge in [-0.25, -0.2) is 4.39 Å². The lowest BCUT2D eigenvalue weighted by atomic mass is 10.0. The number of benzene rings is 1. The molecule has 1 aliphatic rings. The van der Waals surface area contributed by atoms with Crippen molar-refractivity contribution >= 4 is 5.69 Å². The zero-order chi connectivity index (χ0) is 13.1. The summed E-state index contributed by atoms with van der Waals surface area (Å²) >= 11 is 0. The normalized spacial score (nSPS) is 18.3. The highest BCUT2D eigenvalue weighted by atomic mass is 19.1. The Labute approximate surface area is 109 Å². The van der Waals surface area contributed by atoms with E-state index < -0.39 is 0 Å². The van der Waals surface area contributed by atoms with Crippen LogP contribution >= 0.6 is 0 Å². The van der Waals surface area contributed by atoms with Crippen LogP contribution in [0.1, 0.15) is 32.3 Å². The third-order valence-corrected chi connectivity index (χ3v) is 3.82. The van der Waals surface area contributed by atoms with Crippen molar-refractivity contribution in [2.24, 2.45) is 0 Å². The van der Waals surface area contributed by atoms with Crippen molar-refractivity contribution in [2.75, 3.05) is 18.4 Å². The van der Waals surface area contributed by atoms with E-state index >= 15 is 0 Å². The lowest BCUT2D eigenvalue weighted by Crippen LogP contribution is -2.42. The van der Waals surface area contributed by atoms with Crippen molar-refractivity contribution in [1.29, 1.82) is 0 Å². The molecule has 2 nitrogen and oxygen atoms in total. The average Bonchev–Trinajstić information content (AvgIpc) is 2.34. The lowest BCUT2D eigenvalue weighted by Gasteiger charge is -2.35. The van der Waals surface area contributed by atoms with E-state index in [2.05, 4.69) is 24.1 Å². The molecule has 2 rings (SSSR count). The van der Waals surface area contributed by atoms with Crippen LogP contribution in [0.5, 0.6) is 0 Å². The van der Waals surface area contributed by atoms with E-state index in [1.54, 1.807) is 6.07 Å². The molecule has 100 valence electrons. The predicted octanol–water partition coefficient (Wildman–Crippen LogP) is 3.42. The van der Waals surface area contributed by atoms with Crippen LogP contribution in [0.3, 0.4) is 0 Å². The fourth-order valence-corrected chi connectivity index (χ4v) is 2.53. The van der Waals surface area contributed by atoms with E-state index in [-0.39, 0.29) is 5.82 Å². The maximum absolute atomic E-state index is 13.2. The molecule has 1 aromatic carbocycles. The Morgan fingerprint density at radius 3 is 2.56 bits per heavy atom. The van der Waals surface area contributed by atoms with Gasteiger partial charge in [0, 0.05) is 30.9 Å². The fourth-order valence-electron chi connectivity index (χ4n) is 2.53. The van der Waals surface area contributed by atoms with E-state index in [1.165, 1.54) is 6.07 Å². The molecule has 0 bridgehead atoms. The SMILES string of the molecule is Cc1ccc(F)cc1NC1CCN(C(C)C)CC1. The van der Waals surface area contributed by atoms with Gasteiger partial charge in [0.25, 0.3) is 0 Å². The topological polar surface area (TPSA) is 15.3 Å². The summed E-state index contributed by atoms with van der Waals surface area (Å²) in [7, 11) is 0. The minimum absolute atomic E-state index is 0.164. The first-order valence-electron chi connectivity index (χ1n) is 6.83. The highest BCUT2D eigenvalue weighted by Crippen LogP contribution is 2.21. The Morgan fingerprint density at radius 2 is 1.94 bits per heavy atom. The van der Waals surface area contributed by atoms with Gasteiger partial charge in [-0.2, -0.15) is 0 Å². The van der Waals surface area contributed by atoms with Crippen LogP contribution in [0.25, 0.3) is 0 Å². The Kier molecular flexibility index (Phi) is 4.23. The minimum Gasteiger partial charge on any atom is -0.382 e. The monoisotopic (exact) mass is 250 g/mol. The van der Waals surface area contributed by atoms with E-state index in [1.807, 2.05) is 13.0 Å². The third-order valence-electron chi connectivity index (χ3n) is 3.82. The fraction of sp³-hybridized carbons (Fsp3) is 0.600. The maximum atomic E-state index is 13.2. The number of hydrogen-bond donors (Lipinski definition) is 1. The molecular weight excluding hydrogens is 227 g/mol. The number of nitrogens with one attached hydrogen (secondary N) is 1. The Morgan fingerprint density at radius 1 is 1.28 bits per heavy atom. The summed E-state index contributed by atoms with van der Waals surface area (Å²) in [4.78, 5) is 2.50. The summed E-state index contributed by atoms with van der Waals surface area (Å²) in [6.07, 6.45) is 2.27. The van der Waals surface area contributed by atoms with Gasteiger partial charge in [0.1, 0.15) is 5.82 Å². The molecule has 1 fully saturated rings. The van der Waals surface area contributed by atoms with Crippen LogP contribution in [-0.2, 0) is 0 Å². The number of piperidine rings is 1. The second-order valence-electron chi connectivity index (χ2n) is 5.51. The molecule has 0 radical (unpaired) electrons. The van der Waals surface area contributed by atoms with E-state index in [9.17, 15) is 4.39 Å². The van der Waals surface area contributed by atoms with Crippen molar-refractivity contribution in [3.05, 3.63) is 29.6 Å². The summed E-state index contributed by atoms with van der Waals surface area (Å²) < 4.78 is 13.2. The van der Waals surface area contributed by atoms with Gasteiger partial charge in [-0.1, -0.05) is 6.07 Å². The van der Waals surface area contributed by atoms with Gasteiger partial charge in [0.05, 0.1) is 0 Å². The second-order valence-corrected chi connectivity index (χ2v) is 5.51. The van der Waals surface area contributed by atoms with Gasteiger partial charge >= 0.3 is 0 Å². The van der Waals surface area contributed by atoms with E-state index in [4.69, 9.17) is 0 Å². The molecule has 0 aliphatic carbocycles. The van der Waals surface area contributed by atoms with Crippen LogP contribution in [0.4, 0.5) is 10.1 Å². The average molecular weight is 250 g/mol. The number of anilines is 1. The summed E-state index contributed by atoms with van der Waals surface area (Å²) in [6, 6.07) is 6.05. The summed E-state index contributed by atoms with van der Waals surface area (Å²) in [5, 5.41) is 3.48. The van der Waals surface area contributed by atoms with Crippen LogP contribution in [-0.4, -0.2) is 30.1 Å². The van der Waals surface area contributed by atoms with Crippen LogP contribution < -0.4 is 5.32 Å². The zero-order valence-corrected chi connectivity index (χ0v) is 11.5. The molecule has 0 amide bonds.